The maximum atomic E-state index is 12.6. The fourth-order valence-electron chi connectivity index (χ4n) is 2.69. The van der Waals surface area contributed by atoms with E-state index in [2.05, 4.69) is 10.4 Å². The van der Waals surface area contributed by atoms with Crippen LogP contribution in [0.2, 0.25) is 0 Å². The van der Waals surface area contributed by atoms with Crippen LogP contribution in [0.1, 0.15) is 22.8 Å². The van der Waals surface area contributed by atoms with Crippen LogP contribution in [0, 0.1) is 10.1 Å². The molecule has 0 saturated carbocycles. The Balaban J connectivity index is 1.85. The molecule has 1 aromatic heterocycles. The lowest BCUT2D eigenvalue weighted by molar-refractivity contribution is -0.384. The number of amides is 1. The SMILES string of the molecule is CCOC(=O)c1cnn(-c2ccccc2)c1NC(=O)Cc1ccc([N+](=O)[O-])cc1. The van der Waals surface area contributed by atoms with Gasteiger partial charge in [0.1, 0.15) is 5.56 Å². The van der Waals surface area contributed by atoms with Gasteiger partial charge in [0.25, 0.3) is 5.69 Å². The molecule has 0 aliphatic carbocycles. The number of benzene rings is 2. The Morgan fingerprint density at radius 1 is 1.14 bits per heavy atom. The Hall–Kier alpha value is -4.01. The minimum atomic E-state index is -0.597. The highest BCUT2D eigenvalue weighted by Crippen LogP contribution is 2.22. The molecule has 3 aromatic rings. The standard InChI is InChI=1S/C20H18N4O5/c1-2-29-20(26)17-13-21-23(15-6-4-3-5-7-15)19(17)22-18(25)12-14-8-10-16(11-9-14)24(27)28/h3-11,13H,2,12H2,1H3,(H,22,25). The van der Waals surface area contributed by atoms with Gasteiger partial charge in [0.2, 0.25) is 5.91 Å². The molecule has 0 aliphatic rings. The molecular formula is C20H18N4O5. The Labute approximate surface area is 166 Å². The molecule has 1 N–H and O–H groups in total. The molecule has 0 aliphatic heterocycles. The molecule has 0 atom stereocenters. The second kappa shape index (κ2) is 8.79. The first kappa shape index (κ1) is 19.7. The van der Waals surface area contributed by atoms with Crippen LogP contribution in [-0.4, -0.2) is 33.2 Å². The highest BCUT2D eigenvalue weighted by molar-refractivity contribution is 6.01. The van der Waals surface area contributed by atoms with Crippen molar-refractivity contribution in [2.24, 2.45) is 0 Å². The lowest BCUT2D eigenvalue weighted by Gasteiger charge is -2.11. The van der Waals surface area contributed by atoms with Crippen molar-refractivity contribution in [2.45, 2.75) is 13.3 Å². The molecule has 1 heterocycles. The summed E-state index contributed by atoms with van der Waals surface area (Å²) in [7, 11) is 0. The number of hydrogen-bond donors (Lipinski definition) is 1. The zero-order chi connectivity index (χ0) is 20.8. The number of aromatic nitrogens is 2. The summed E-state index contributed by atoms with van der Waals surface area (Å²) in [4.78, 5) is 35.1. The van der Waals surface area contributed by atoms with E-state index in [4.69, 9.17) is 4.74 Å². The quantitative estimate of drug-likeness (QED) is 0.374. The van der Waals surface area contributed by atoms with Gasteiger partial charge >= 0.3 is 5.97 Å². The molecule has 0 radical (unpaired) electrons. The first-order valence-electron chi connectivity index (χ1n) is 8.83. The summed E-state index contributed by atoms with van der Waals surface area (Å²) in [5.41, 5.74) is 1.33. The molecule has 148 valence electrons. The van der Waals surface area contributed by atoms with Crippen molar-refractivity contribution in [1.29, 1.82) is 0 Å². The Morgan fingerprint density at radius 3 is 2.45 bits per heavy atom. The van der Waals surface area contributed by atoms with E-state index in [-0.39, 0.29) is 30.1 Å². The van der Waals surface area contributed by atoms with Crippen LogP contribution in [0.5, 0.6) is 0 Å². The van der Waals surface area contributed by atoms with Crippen LogP contribution in [0.25, 0.3) is 5.69 Å². The van der Waals surface area contributed by atoms with Crippen molar-refractivity contribution < 1.29 is 19.2 Å². The summed E-state index contributed by atoms with van der Waals surface area (Å²) < 4.78 is 6.49. The third kappa shape index (κ3) is 4.64. The number of non-ortho nitro benzene ring substituents is 1. The van der Waals surface area contributed by atoms with Crippen molar-refractivity contribution >= 4 is 23.4 Å². The van der Waals surface area contributed by atoms with E-state index < -0.39 is 16.8 Å². The van der Waals surface area contributed by atoms with E-state index in [1.165, 1.54) is 35.1 Å². The van der Waals surface area contributed by atoms with Crippen LogP contribution < -0.4 is 5.32 Å². The fraction of sp³-hybridized carbons (Fsp3) is 0.150. The van der Waals surface area contributed by atoms with Gasteiger partial charge in [-0.3, -0.25) is 14.9 Å². The van der Waals surface area contributed by atoms with Crippen molar-refractivity contribution in [3.8, 4) is 5.69 Å². The molecule has 9 nitrogen and oxygen atoms in total. The van der Waals surface area contributed by atoms with Crippen LogP contribution >= 0.6 is 0 Å². The molecule has 0 spiro atoms. The van der Waals surface area contributed by atoms with Gasteiger partial charge in [0.15, 0.2) is 5.82 Å². The molecule has 9 heteroatoms. The van der Waals surface area contributed by atoms with E-state index in [0.717, 1.165) is 0 Å². The number of rotatable bonds is 7. The second-order valence-corrected chi connectivity index (χ2v) is 6.02. The van der Waals surface area contributed by atoms with E-state index in [0.29, 0.717) is 11.3 Å². The van der Waals surface area contributed by atoms with Gasteiger partial charge in [-0.05, 0) is 24.6 Å². The summed E-state index contributed by atoms with van der Waals surface area (Å²) in [5, 5.41) is 17.7. The number of ether oxygens (including phenoxy) is 1. The van der Waals surface area contributed by atoms with E-state index in [1.54, 1.807) is 19.1 Å². The highest BCUT2D eigenvalue weighted by atomic mass is 16.6. The van der Waals surface area contributed by atoms with Crippen molar-refractivity contribution in [3.05, 3.63) is 82.0 Å². The average molecular weight is 394 g/mol. The van der Waals surface area contributed by atoms with Gasteiger partial charge < -0.3 is 10.1 Å². The normalized spacial score (nSPS) is 10.4. The minimum absolute atomic E-state index is 0.0276. The predicted octanol–water partition coefficient (Wildman–Crippen LogP) is 3.14. The lowest BCUT2D eigenvalue weighted by atomic mass is 10.1. The van der Waals surface area contributed by atoms with Crippen molar-refractivity contribution in [2.75, 3.05) is 11.9 Å². The monoisotopic (exact) mass is 394 g/mol. The number of carbonyl (C=O) groups is 2. The topological polar surface area (TPSA) is 116 Å². The Bertz CT molecular complexity index is 1030. The predicted molar refractivity (Wildman–Crippen MR) is 105 cm³/mol. The lowest BCUT2D eigenvalue weighted by Crippen LogP contribution is -2.19. The molecule has 2 aromatic carbocycles. The smallest absolute Gasteiger partial charge is 0.343 e. The number of nitro groups is 1. The van der Waals surface area contributed by atoms with Gasteiger partial charge in [-0.15, -0.1) is 0 Å². The summed E-state index contributed by atoms with van der Waals surface area (Å²) in [5.74, 6) is -0.802. The molecule has 0 unspecified atom stereocenters. The maximum Gasteiger partial charge on any atom is 0.343 e. The molecular weight excluding hydrogens is 376 g/mol. The van der Waals surface area contributed by atoms with Gasteiger partial charge in [0, 0.05) is 12.1 Å². The third-order valence-corrected chi connectivity index (χ3v) is 4.03. The first-order chi connectivity index (χ1) is 14.0. The summed E-state index contributed by atoms with van der Waals surface area (Å²) in [6, 6.07) is 14.7. The number of para-hydroxylation sites is 1. The van der Waals surface area contributed by atoms with E-state index in [1.807, 2.05) is 18.2 Å². The fourth-order valence-corrected chi connectivity index (χ4v) is 2.69. The molecule has 0 saturated heterocycles. The molecule has 29 heavy (non-hydrogen) atoms. The summed E-state index contributed by atoms with van der Waals surface area (Å²) in [6.45, 7) is 1.87. The average Bonchev–Trinajstić information content (AvgIpc) is 3.12. The van der Waals surface area contributed by atoms with Crippen molar-refractivity contribution in [1.82, 2.24) is 9.78 Å². The molecule has 3 rings (SSSR count). The van der Waals surface area contributed by atoms with Crippen LogP contribution in [0.3, 0.4) is 0 Å². The number of nitrogens with one attached hydrogen (secondary N) is 1. The van der Waals surface area contributed by atoms with Crippen LogP contribution in [0.4, 0.5) is 11.5 Å². The second-order valence-electron chi connectivity index (χ2n) is 6.02. The minimum Gasteiger partial charge on any atom is -0.462 e. The van der Waals surface area contributed by atoms with Gasteiger partial charge in [-0.1, -0.05) is 30.3 Å². The first-order valence-corrected chi connectivity index (χ1v) is 8.83. The number of nitro benzene ring substituents is 1. The maximum absolute atomic E-state index is 12.6. The van der Waals surface area contributed by atoms with Gasteiger partial charge in [-0.2, -0.15) is 5.10 Å². The molecule has 0 bridgehead atoms. The molecule has 0 fully saturated rings. The van der Waals surface area contributed by atoms with Crippen LogP contribution in [0.15, 0.2) is 60.8 Å². The summed E-state index contributed by atoms with van der Waals surface area (Å²) >= 11 is 0. The summed E-state index contributed by atoms with van der Waals surface area (Å²) in [6.07, 6.45) is 1.31. The highest BCUT2D eigenvalue weighted by Gasteiger charge is 2.21. The van der Waals surface area contributed by atoms with Gasteiger partial charge in [0.05, 0.1) is 29.8 Å². The molecule has 1 amide bonds. The number of esters is 1. The van der Waals surface area contributed by atoms with Gasteiger partial charge in [-0.25, -0.2) is 9.48 Å². The van der Waals surface area contributed by atoms with E-state index in [9.17, 15) is 19.7 Å². The number of anilines is 1. The van der Waals surface area contributed by atoms with Crippen molar-refractivity contribution in [3.63, 3.8) is 0 Å². The number of nitrogens with zero attached hydrogens (tertiary/aromatic N) is 3. The largest absolute Gasteiger partial charge is 0.462 e. The third-order valence-electron chi connectivity index (χ3n) is 4.03. The number of carbonyl (C=O) groups excluding carboxylic acids is 2. The van der Waals surface area contributed by atoms with Crippen LogP contribution in [-0.2, 0) is 16.0 Å². The Kier molecular flexibility index (Phi) is 5.98. The number of hydrogen-bond acceptors (Lipinski definition) is 6. The Morgan fingerprint density at radius 2 is 1.83 bits per heavy atom. The van der Waals surface area contributed by atoms with E-state index >= 15 is 0 Å². The zero-order valence-corrected chi connectivity index (χ0v) is 15.6. The zero-order valence-electron chi connectivity index (χ0n) is 15.6.